The van der Waals surface area contributed by atoms with Crippen LogP contribution in [0.3, 0.4) is 0 Å². The number of hydrogen-bond acceptors (Lipinski definition) is 2. The maximum absolute atomic E-state index is 10.6. The molecule has 0 saturated heterocycles. The molecule has 1 heterocycles. The van der Waals surface area contributed by atoms with E-state index in [9.17, 15) is 4.79 Å². The molecule has 0 unspecified atom stereocenters. The maximum Gasteiger partial charge on any atom is 0.185 e. The first-order chi connectivity index (χ1) is 8.38. The van der Waals surface area contributed by atoms with Gasteiger partial charge in [0.2, 0.25) is 0 Å². The van der Waals surface area contributed by atoms with Gasteiger partial charge in [0.1, 0.15) is 0 Å². The summed E-state index contributed by atoms with van der Waals surface area (Å²) in [5.74, 6) is 0.507. The van der Waals surface area contributed by atoms with Crippen molar-refractivity contribution >= 4 is 6.29 Å². The fourth-order valence-electron chi connectivity index (χ4n) is 2.11. The van der Waals surface area contributed by atoms with E-state index in [1.807, 2.05) is 6.07 Å². The quantitative estimate of drug-likeness (QED) is 0.432. The first-order valence-corrected chi connectivity index (χ1v) is 6.90. The van der Waals surface area contributed by atoms with Crippen LogP contribution in [0.4, 0.5) is 0 Å². The molecule has 1 aromatic rings. The van der Waals surface area contributed by atoms with E-state index < -0.39 is 0 Å². The minimum absolute atomic E-state index is 0.507. The Morgan fingerprint density at radius 1 is 1.06 bits per heavy atom. The Morgan fingerprint density at radius 2 is 1.71 bits per heavy atom. The fourth-order valence-corrected chi connectivity index (χ4v) is 2.11. The summed E-state index contributed by atoms with van der Waals surface area (Å²) in [7, 11) is 0. The highest BCUT2D eigenvalue weighted by Crippen LogP contribution is 2.14. The molecule has 0 N–H and O–H groups in total. The van der Waals surface area contributed by atoms with Crippen molar-refractivity contribution in [2.45, 2.75) is 64.7 Å². The molecule has 17 heavy (non-hydrogen) atoms. The largest absolute Gasteiger partial charge is 0.461 e. The van der Waals surface area contributed by atoms with Crippen LogP contribution in [0.25, 0.3) is 0 Å². The summed E-state index contributed by atoms with van der Waals surface area (Å²) in [6.07, 6.45) is 13.9. The predicted molar refractivity (Wildman–Crippen MR) is 70.4 cm³/mol. The van der Waals surface area contributed by atoms with Gasteiger partial charge in [-0.05, 0) is 18.9 Å². The van der Waals surface area contributed by atoms with Crippen molar-refractivity contribution in [2.75, 3.05) is 0 Å². The van der Waals surface area contributed by atoms with Crippen LogP contribution in [-0.2, 0) is 6.42 Å². The number of aldehydes is 1. The molecule has 96 valence electrons. The van der Waals surface area contributed by atoms with Crippen molar-refractivity contribution in [3.8, 4) is 0 Å². The van der Waals surface area contributed by atoms with Crippen LogP contribution in [0.2, 0.25) is 0 Å². The van der Waals surface area contributed by atoms with Gasteiger partial charge in [0.15, 0.2) is 12.0 Å². The van der Waals surface area contributed by atoms with Gasteiger partial charge in [0.25, 0.3) is 0 Å². The fraction of sp³-hybridized carbons (Fsp3) is 0.667. The molecule has 1 rings (SSSR count). The van der Waals surface area contributed by atoms with Crippen LogP contribution in [0, 0.1) is 0 Å². The smallest absolute Gasteiger partial charge is 0.185 e. The SMILES string of the molecule is CCCCCCCCCCc1ccoc1C=O. The molecule has 0 bridgehead atoms. The van der Waals surface area contributed by atoms with E-state index in [0.717, 1.165) is 24.7 Å². The van der Waals surface area contributed by atoms with Crippen molar-refractivity contribution in [3.63, 3.8) is 0 Å². The highest BCUT2D eigenvalue weighted by Gasteiger charge is 2.03. The lowest BCUT2D eigenvalue weighted by Crippen LogP contribution is -1.88. The van der Waals surface area contributed by atoms with Crippen molar-refractivity contribution in [1.29, 1.82) is 0 Å². The third-order valence-electron chi connectivity index (χ3n) is 3.19. The van der Waals surface area contributed by atoms with Gasteiger partial charge in [-0.2, -0.15) is 0 Å². The zero-order valence-electron chi connectivity index (χ0n) is 10.9. The van der Waals surface area contributed by atoms with E-state index in [0.29, 0.717) is 5.76 Å². The summed E-state index contributed by atoms with van der Waals surface area (Å²) >= 11 is 0. The molecular formula is C15H24O2. The molecule has 1 aromatic heterocycles. The van der Waals surface area contributed by atoms with Gasteiger partial charge in [-0.1, -0.05) is 51.9 Å². The van der Waals surface area contributed by atoms with Crippen molar-refractivity contribution in [1.82, 2.24) is 0 Å². The lowest BCUT2D eigenvalue weighted by atomic mass is 10.0. The molecule has 0 saturated carbocycles. The van der Waals surface area contributed by atoms with E-state index in [1.54, 1.807) is 6.26 Å². The number of rotatable bonds is 10. The minimum atomic E-state index is 0.507. The molecular weight excluding hydrogens is 212 g/mol. The summed E-state index contributed by atoms with van der Waals surface area (Å²) < 4.78 is 5.07. The van der Waals surface area contributed by atoms with Gasteiger partial charge in [0.05, 0.1) is 6.26 Å². The minimum Gasteiger partial charge on any atom is -0.461 e. The second kappa shape index (κ2) is 9.03. The molecule has 0 amide bonds. The molecule has 0 aliphatic heterocycles. The molecule has 2 nitrogen and oxygen atoms in total. The van der Waals surface area contributed by atoms with Gasteiger partial charge in [-0.3, -0.25) is 4.79 Å². The first-order valence-electron chi connectivity index (χ1n) is 6.90. The van der Waals surface area contributed by atoms with Crippen molar-refractivity contribution < 1.29 is 9.21 Å². The Hall–Kier alpha value is -1.05. The Balaban J connectivity index is 1.99. The first kappa shape index (κ1) is 14.0. The predicted octanol–water partition coefficient (Wildman–Crippen LogP) is 4.78. The summed E-state index contributed by atoms with van der Waals surface area (Å²) in [5, 5.41) is 0. The molecule has 0 fully saturated rings. The number of furan rings is 1. The molecule has 0 aliphatic rings. The molecule has 0 aliphatic carbocycles. The average molecular weight is 236 g/mol. The van der Waals surface area contributed by atoms with E-state index in [4.69, 9.17) is 4.42 Å². The average Bonchev–Trinajstić information content (AvgIpc) is 2.80. The van der Waals surface area contributed by atoms with Gasteiger partial charge in [-0.25, -0.2) is 0 Å². The number of hydrogen-bond donors (Lipinski definition) is 0. The second-order valence-electron chi connectivity index (χ2n) is 4.65. The van der Waals surface area contributed by atoms with Crippen molar-refractivity contribution in [3.05, 3.63) is 23.7 Å². The van der Waals surface area contributed by atoms with Crippen LogP contribution in [0.15, 0.2) is 16.7 Å². The zero-order chi connectivity index (χ0) is 12.3. The zero-order valence-corrected chi connectivity index (χ0v) is 10.9. The number of carbonyl (C=O) groups is 1. The third kappa shape index (κ3) is 5.71. The standard InChI is InChI=1S/C15H24O2/c1-2-3-4-5-6-7-8-9-10-14-11-12-17-15(14)13-16/h11-13H,2-10H2,1H3. The molecule has 0 radical (unpaired) electrons. The van der Waals surface area contributed by atoms with E-state index in [1.165, 1.54) is 44.9 Å². The Labute approximate surface area is 104 Å². The van der Waals surface area contributed by atoms with Crippen LogP contribution in [0.1, 0.15) is 74.4 Å². The summed E-state index contributed by atoms with van der Waals surface area (Å²) in [6, 6.07) is 1.91. The van der Waals surface area contributed by atoms with Crippen LogP contribution in [0.5, 0.6) is 0 Å². The highest BCUT2D eigenvalue weighted by atomic mass is 16.3. The van der Waals surface area contributed by atoms with E-state index in [2.05, 4.69) is 6.92 Å². The summed E-state index contributed by atoms with van der Waals surface area (Å²) in [6.45, 7) is 2.25. The number of unbranched alkanes of at least 4 members (excludes halogenated alkanes) is 7. The topological polar surface area (TPSA) is 30.2 Å². The van der Waals surface area contributed by atoms with Crippen LogP contribution < -0.4 is 0 Å². The molecule has 2 heteroatoms. The third-order valence-corrected chi connectivity index (χ3v) is 3.19. The summed E-state index contributed by atoms with van der Waals surface area (Å²) in [5.41, 5.74) is 1.06. The van der Waals surface area contributed by atoms with Gasteiger partial charge >= 0.3 is 0 Å². The summed E-state index contributed by atoms with van der Waals surface area (Å²) in [4.78, 5) is 10.6. The maximum atomic E-state index is 10.6. The second-order valence-corrected chi connectivity index (χ2v) is 4.65. The van der Waals surface area contributed by atoms with Gasteiger partial charge < -0.3 is 4.42 Å². The van der Waals surface area contributed by atoms with Crippen LogP contribution >= 0.6 is 0 Å². The monoisotopic (exact) mass is 236 g/mol. The Morgan fingerprint density at radius 3 is 2.35 bits per heavy atom. The number of aryl methyl sites for hydroxylation is 1. The molecule has 0 aromatic carbocycles. The Bertz CT molecular complexity index is 302. The highest BCUT2D eigenvalue weighted by molar-refractivity contribution is 5.72. The van der Waals surface area contributed by atoms with Gasteiger partial charge in [-0.15, -0.1) is 0 Å². The Kier molecular flexibility index (Phi) is 7.44. The lowest BCUT2D eigenvalue weighted by molar-refractivity contribution is 0.109. The van der Waals surface area contributed by atoms with E-state index >= 15 is 0 Å². The van der Waals surface area contributed by atoms with Crippen molar-refractivity contribution in [2.24, 2.45) is 0 Å². The molecule has 0 spiro atoms. The van der Waals surface area contributed by atoms with Gasteiger partial charge in [0, 0.05) is 5.56 Å². The molecule has 0 atom stereocenters. The lowest BCUT2D eigenvalue weighted by Gasteiger charge is -2.01. The normalized spacial score (nSPS) is 10.6. The van der Waals surface area contributed by atoms with Crippen LogP contribution in [-0.4, -0.2) is 6.29 Å². The van der Waals surface area contributed by atoms with E-state index in [-0.39, 0.29) is 0 Å². The number of carbonyl (C=O) groups excluding carboxylic acids is 1.